The van der Waals surface area contributed by atoms with Crippen LogP contribution >= 0.6 is 23.2 Å². The first-order valence-electron chi connectivity index (χ1n) is 11.0. The van der Waals surface area contributed by atoms with Crippen LogP contribution in [0.2, 0.25) is 10.0 Å². The molecule has 162 valence electrons. The van der Waals surface area contributed by atoms with Gasteiger partial charge in [0.1, 0.15) is 0 Å². The van der Waals surface area contributed by atoms with E-state index in [1.54, 1.807) is 18.2 Å². The highest BCUT2D eigenvalue weighted by molar-refractivity contribution is 6.35. The van der Waals surface area contributed by atoms with Crippen LogP contribution in [0.25, 0.3) is 10.9 Å². The van der Waals surface area contributed by atoms with E-state index in [0.29, 0.717) is 34.2 Å². The zero-order valence-electron chi connectivity index (χ0n) is 17.7. The van der Waals surface area contributed by atoms with E-state index in [2.05, 4.69) is 46.2 Å². The maximum Gasteiger partial charge on any atom is 0.254 e. The van der Waals surface area contributed by atoms with E-state index < -0.39 is 0 Å². The lowest BCUT2D eigenvalue weighted by molar-refractivity contribution is 0.0488. The maximum atomic E-state index is 13.7. The van der Waals surface area contributed by atoms with Gasteiger partial charge in [0.2, 0.25) is 0 Å². The van der Waals surface area contributed by atoms with E-state index in [1.165, 1.54) is 23.8 Å². The molecule has 2 aromatic carbocycles. The fourth-order valence-corrected chi connectivity index (χ4v) is 6.04. The van der Waals surface area contributed by atoms with Crippen LogP contribution in [0, 0.1) is 0 Å². The summed E-state index contributed by atoms with van der Waals surface area (Å²) in [6.07, 6.45) is 7.39. The molecule has 3 heterocycles. The number of aromatic nitrogens is 1. The molecule has 0 saturated carbocycles. The number of hydrogen-bond acceptors (Lipinski definition) is 2. The molecule has 5 rings (SSSR count). The highest BCUT2D eigenvalue weighted by Gasteiger charge is 2.41. The minimum absolute atomic E-state index is 0.0261. The SMILES string of the molecule is CN1[C@H]2CC[C@H]1CC(N(CCc1c[nH]c3ccccc13)C(=O)c1cc(Cl)cc(Cl)c1)C2. The summed E-state index contributed by atoms with van der Waals surface area (Å²) in [7, 11) is 2.23. The minimum Gasteiger partial charge on any atom is -0.361 e. The van der Waals surface area contributed by atoms with E-state index in [4.69, 9.17) is 23.2 Å². The van der Waals surface area contributed by atoms with Crippen molar-refractivity contribution in [3.8, 4) is 0 Å². The monoisotopic (exact) mass is 455 g/mol. The summed E-state index contributed by atoms with van der Waals surface area (Å²) >= 11 is 12.4. The Labute approximate surface area is 193 Å². The summed E-state index contributed by atoms with van der Waals surface area (Å²) in [5, 5.41) is 2.22. The summed E-state index contributed by atoms with van der Waals surface area (Å²) in [5.41, 5.74) is 2.95. The Morgan fingerprint density at radius 3 is 2.48 bits per heavy atom. The zero-order valence-corrected chi connectivity index (χ0v) is 19.2. The first-order valence-corrected chi connectivity index (χ1v) is 11.8. The molecule has 2 aliphatic heterocycles. The standard InChI is InChI=1S/C25H27Cl2N3O/c1-29-20-6-7-21(29)14-22(13-20)30(25(31)17-10-18(26)12-19(27)11-17)9-8-16-15-28-24-5-3-2-4-23(16)24/h2-5,10-12,15,20-22,28H,6-9,13-14H2,1H3/t20-,21-/m0/s1. The molecule has 2 fully saturated rings. The Morgan fingerprint density at radius 2 is 1.77 bits per heavy atom. The third kappa shape index (κ3) is 4.09. The van der Waals surface area contributed by atoms with Crippen LogP contribution < -0.4 is 0 Å². The molecule has 0 aliphatic carbocycles. The molecule has 1 aromatic heterocycles. The molecule has 2 atom stereocenters. The van der Waals surface area contributed by atoms with E-state index in [1.807, 2.05) is 6.07 Å². The smallest absolute Gasteiger partial charge is 0.254 e. The summed E-state index contributed by atoms with van der Waals surface area (Å²) < 4.78 is 0. The highest BCUT2D eigenvalue weighted by Crippen LogP contribution is 2.37. The second kappa shape index (κ2) is 8.50. The number of H-pyrrole nitrogens is 1. The van der Waals surface area contributed by atoms with Crippen LogP contribution in [-0.2, 0) is 6.42 Å². The van der Waals surface area contributed by atoms with Gasteiger partial charge < -0.3 is 14.8 Å². The van der Waals surface area contributed by atoms with Gasteiger partial charge in [0.05, 0.1) is 0 Å². The molecule has 1 amide bonds. The number of para-hydroxylation sites is 1. The van der Waals surface area contributed by atoms with Crippen molar-refractivity contribution in [2.24, 2.45) is 0 Å². The second-order valence-electron chi connectivity index (χ2n) is 8.94. The van der Waals surface area contributed by atoms with Crippen LogP contribution in [0.5, 0.6) is 0 Å². The van der Waals surface area contributed by atoms with Crippen molar-refractivity contribution >= 4 is 40.0 Å². The number of carbonyl (C=O) groups is 1. The first-order chi connectivity index (χ1) is 15.0. The van der Waals surface area contributed by atoms with Crippen molar-refractivity contribution in [3.05, 3.63) is 69.8 Å². The van der Waals surface area contributed by atoms with Crippen molar-refractivity contribution < 1.29 is 4.79 Å². The van der Waals surface area contributed by atoms with Gasteiger partial charge in [-0.15, -0.1) is 0 Å². The van der Waals surface area contributed by atoms with Crippen molar-refractivity contribution in [2.45, 2.75) is 50.2 Å². The number of nitrogens with one attached hydrogen (secondary N) is 1. The van der Waals surface area contributed by atoms with Crippen molar-refractivity contribution in [1.82, 2.24) is 14.8 Å². The topological polar surface area (TPSA) is 39.3 Å². The van der Waals surface area contributed by atoms with Gasteiger partial charge in [-0.1, -0.05) is 41.4 Å². The second-order valence-corrected chi connectivity index (χ2v) is 9.81. The third-order valence-electron chi connectivity index (χ3n) is 7.18. The number of amides is 1. The van der Waals surface area contributed by atoms with Crippen LogP contribution in [-0.4, -0.2) is 52.4 Å². The molecule has 2 saturated heterocycles. The van der Waals surface area contributed by atoms with Gasteiger partial charge in [-0.2, -0.15) is 0 Å². The quantitative estimate of drug-likeness (QED) is 0.528. The molecule has 31 heavy (non-hydrogen) atoms. The van der Waals surface area contributed by atoms with Crippen LogP contribution in [0.1, 0.15) is 41.6 Å². The van der Waals surface area contributed by atoms with E-state index >= 15 is 0 Å². The van der Waals surface area contributed by atoms with Crippen LogP contribution in [0.3, 0.4) is 0 Å². The molecular formula is C25H27Cl2N3O. The zero-order chi connectivity index (χ0) is 21.5. The summed E-state index contributed by atoms with van der Waals surface area (Å²) in [5.74, 6) is 0.0261. The minimum atomic E-state index is 0.0261. The highest BCUT2D eigenvalue weighted by atomic mass is 35.5. The van der Waals surface area contributed by atoms with Gasteiger partial charge in [-0.25, -0.2) is 0 Å². The molecule has 0 unspecified atom stereocenters. The molecule has 4 nitrogen and oxygen atoms in total. The normalized spacial score (nSPS) is 23.4. The van der Waals surface area contributed by atoms with Crippen molar-refractivity contribution in [2.75, 3.05) is 13.6 Å². The molecule has 3 aromatic rings. The van der Waals surface area contributed by atoms with E-state index in [9.17, 15) is 4.79 Å². The van der Waals surface area contributed by atoms with Crippen LogP contribution in [0.4, 0.5) is 0 Å². The predicted molar refractivity (Wildman–Crippen MR) is 127 cm³/mol. The lowest BCUT2D eigenvalue weighted by Crippen LogP contribution is -2.51. The summed E-state index contributed by atoms with van der Waals surface area (Å²) in [6.45, 7) is 0.679. The molecule has 1 N–H and O–H groups in total. The van der Waals surface area contributed by atoms with Gasteiger partial charge in [0, 0.05) is 57.4 Å². The number of fused-ring (bicyclic) bond motifs is 3. The summed E-state index contributed by atoms with van der Waals surface area (Å²) in [6, 6.07) is 14.8. The van der Waals surface area contributed by atoms with Crippen molar-refractivity contribution in [3.63, 3.8) is 0 Å². The average molecular weight is 456 g/mol. The van der Waals surface area contributed by atoms with Gasteiger partial charge in [0.25, 0.3) is 5.91 Å². The Morgan fingerprint density at radius 1 is 1.10 bits per heavy atom. The van der Waals surface area contributed by atoms with Gasteiger partial charge >= 0.3 is 0 Å². The predicted octanol–water partition coefficient (Wildman–Crippen LogP) is 5.78. The molecule has 0 radical (unpaired) electrons. The largest absolute Gasteiger partial charge is 0.361 e. The number of piperidine rings is 1. The van der Waals surface area contributed by atoms with Crippen molar-refractivity contribution in [1.29, 1.82) is 0 Å². The Balaban J connectivity index is 1.43. The number of halogens is 2. The molecule has 2 bridgehead atoms. The van der Waals surface area contributed by atoms with Gasteiger partial charge in [-0.3, -0.25) is 4.79 Å². The Hall–Kier alpha value is -2.01. The Kier molecular flexibility index (Phi) is 5.72. The number of benzene rings is 2. The fourth-order valence-electron chi connectivity index (χ4n) is 5.51. The Bertz CT molecular complexity index is 1080. The lowest BCUT2D eigenvalue weighted by Gasteiger charge is -2.42. The maximum absolute atomic E-state index is 13.7. The van der Waals surface area contributed by atoms with Crippen LogP contribution in [0.15, 0.2) is 48.7 Å². The molecule has 2 aliphatic rings. The lowest BCUT2D eigenvalue weighted by atomic mass is 9.95. The number of carbonyl (C=O) groups excluding carboxylic acids is 1. The molecule has 0 spiro atoms. The number of aromatic amines is 1. The molecular weight excluding hydrogens is 429 g/mol. The van der Waals surface area contributed by atoms with E-state index in [0.717, 1.165) is 24.8 Å². The molecule has 6 heteroatoms. The summed E-state index contributed by atoms with van der Waals surface area (Å²) in [4.78, 5) is 21.6. The number of rotatable bonds is 5. The average Bonchev–Trinajstić information content (AvgIpc) is 3.23. The fraction of sp³-hybridized carbons (Fsp3) is 0.400. The van der Waals surface area contributed by atoms with E-state index in [-0.39, 0.29) is 11.9 Å². The van der Waals surface area contributed by atoms with Gasteiger partial charge in [-0.05, 0) is 69.0 Å². The third-order valence-corrected chi connectivity index (χ3v) is 7.62. The number of hydrogen-bond donors (Lipinski definition) is 1. The van der Waals surface area contributed by atoms with Gasteiger partial charge in [0.15, 0.2) is 0 Å². The first kappa shape index (κ1) is 20.9. The number of nitrogens with zero attached hydrogens (tertiary/aromatic N) is 2.